The van der Waals surface area contributed by atoms with E-state index in [-0.39, 0.29) is 0 Å². The Labute approximate surface area is 117 Å². The summed E-state index contributed by atoms with van der Waals surface area (Å²) in [5.41, 5.74) is 20.4. The fraction of sp³-hybridized carbons (Fsp3) is 0.0714. The van der Waals surface area contributed by atoms with Gasteiger partial charge in [0.15, 0.2) is 5.82 Å². The van der Waals surface area contributed by atoms with Gasteiger partial charge in [0, 0.05) is 17.5 Å². The lowest BCUT2D eigenvalue weighted by Gasteiger charge is -2.08. The number of aliphatic imine (C=N–C) groups is 1. The molecule has 20 heavy (non-hydrogen) atoms. The normalized spacial score (nSPS) is 12.4. The first-order valence-corrected chi connectivity index (χ1v) is 6.01. The Morgan fingerprint density at radius 3 is 2.55 bits per heavy atom. The summed E-state index contributed by atoms with van der Waals surface area (Å²) in [6.07, 6.45) is 2.78. The molecule has 0 fully saturated rings. The van der Waals surface area contributed by atoms with Crippen LogP contribution in [0.15, 0.2) is 41.5 Å². The summed E-state index contributed by atoms with van der Waals surface area (Å²) in [6.45, 7) is 1.90. The third-order valence-corrected chi connectivity index (χ3v) is 2.72. The van der Waals surface area contributed by atoms with Crippen molar-refractivity contribution >= 4 is 23.6 Å². The summed E-state index contributed by atoms with van der Waals surface area (Å²) >= 11 is 0. The number of hydrogen-bond acceptors (Lipinski definition) is 5. The minimum atomic E-state index is 0.422. The van der Waals surface area contributed by atoms with Gasteiger partial charge in [0.2, 0.25) is 0 Å². The topological polar surface area (TPSA) is 116 Å². The van der Waals surface area contributed by atoms with Gasteiger partial charge < -0.3 is 17.2 Å². The van der Waals surface area contributed by atoms with Crippen LogP contribution >= 0.6 is 0 Å². The van der Waals surface area contributed by atoms with Gasteiger partial charge in [-0.3, -0.25) is 4.98 Å². The van der Waals surface area contributed by atoms with Gasteiger partial charge in [-0.05, 0) is 31.2 Å². The molecule has 0 aliphatic carbocycles. The molecule has 0 aliphatic rings. The van der Waals surface area contributed by atoms with Gasteiger partial charge in [0.1, 0.15) is 0 Å². The molecule has 0 radical (unpaired) electrons. The molecule has 0 amide bonds. The Hall–Kier alpha value is -2.89. The molecule has 6 N–H and O–H groups in total. The lowest BCUT2D eigenvalue weighted by molar-refractivity contribution is 1.16. The van der Waals surface area contributed by atoms with E-state index < -0.39 is 0 Å². The van der Waals surface area contributed by atoms with Gasteiger partial charge >= 0.3 is 0 Å². The van der Waals surface area contributed by atoms with Crippen molar-refractivity contribution < 1.29 is 0 Å². The Bertz CT molecular complexity index is 658. The summed E-state index contributed by atoms with van der Waals surface area (Å²) in [5.74, 6) is 0.510. The molecular weight excluding hydrogens is 252 g/mol. The van der Waals surface area contributed by atoms with E-state index in [9.17, 15) is 0 Å². The van der Waals surface area contributed by atoms with Crippen LogP contribution in [0.5, 0.6) is 0 Å². The van der Waals surface area contributed by atoms with Crippen LogP contribution in [0.3, 0.4) is 0 Å². The second kappa shape index (κ2) is 5.83. The highest BCUT2D eigenvalue weighted by molar-refractivity contribution is 5.86. The van der Waals surface area contributed by atoms with Crippen molar-refractivity contribution in [3.8, 4) is 0 Å². The molecule has 2 rings (SSSR count). The highest BCUT2D eigenvalue weighted by Crippen LogP contribution is 2.18. The number of nitrogens with zero attached hydrogens (tertiary/aromatic N) is 3. The van der Waals surface area contributed by atoms with E-state index in [1.807, 2.05) is 25.1 Å². The number of hydrogen-bond donors (Lipinski definition) is 3. The van der Waals surface area contributed by atoms with Gasteiger partial charge in [-0.1, -0.05) is 6.07 Å². The number of aromatic nitrogens is 2. The zero-order valence-corrected chi connectivity index (χ0v) is 11.1. The predicted octanol–water partition coefficient (Wildman–Crippen LogP) is 1.15. The average molecular weight is 268 g/mol. The predicted molar refractivity (Wildman–Crippen MR) is 80.7 cm³/mol. The maximum Gasteiger partial charge on any atom is 0.153 e. The van der Waals surface area contributed by atoms with Crippen LogP contribution in [0.2, 0.25) is 0 Å². The van der Waals surface area contributed by atoms with E-state index in [1.165, 1.54) is 6.34 Å². The number of rotatable bonds is 3. The van der Waals surface area contributed by atoms with Crippen LogP contribution in [0, 0.1) is 6.92 Å². The van der Waals surface area contributed by atoms with E-state index >= 15 is 0 Å². The van der Waals surface area contributed by atoms with E-state index in [1.54, 1.807) is 18.3 Å². The molecule has 2 aromatic rings. The first kappa shape index (κ1) is 13.5. The smallest absolute Gasteiger partial charge is 0.153 e. The maximum atomic E-state index is 6.06. The van der Waals surface area contributed by atoms with Crippen molar-refractivity contribution in [3.63, 3.8) is 0 Å². The van der Waals surface area contributed by atoms with Crippen LogP contribution in [0.1, 0.15) is 17.0 Å². The average Bonchev–Trinajstić information content (AvgIpc) is 2.47. The molecule has 0 saturated carbocycles. The lowest BCUT2D eigenvalue weighted by Crippen LogP contribution is -2.09. The molecule has 2 aromatic heterocycles. The fourth-order valence-corrected chi connectivity index (χ4v) is 1.68. The Morgan fingerprint density at radius 1 is 1.15 bits per heavy atom. The molecule has 6 nitrogen and oxygen atoms in total. The quantitative estimate of drug-likeness (QED) is 0.570. The van der Waals surface area contributed by atoms with Crippen LogP contribution in [-0.2, 0) is 0 Å². The first-order valence-electron chi connectivity index (χ1n) is 6.01. The molecule has 2 heterocycles. The highest BCUT2D eigenvalue weighted by Gasteiger charge is 2.07. The molecule has 0 bridgehead atoms. The number of aryl methyl sites for hydroxylation is 1. The second-order valence-corrected chi connectivity index (χ2v) is 4.17. The van der Waals surface area contributed by atoms with Crippen molar-refractivity contribution in [2.75, 3.05) is 0 Å². The highest BCUT2D eigenvalue weighted by atomic mass is 14.9. The van der Waals surface area contributed by atoms with Crippen LogP contribution in [0.4, 0.5) is 5.82 Å². The molecule has 0 unspecified atom stereocenters. The standard InChI is InChI=1S/C14H16N6/c1-9-3-2-4-11(20-9)14(17)13(16)10-5-6-12(18-7-10)19-8-15/h2-8H,16-17H2,1H3,(H2,15,18,19)/b14-13-. The second-order valence-electron chi connectivity index (χ2n) is 4.17. The first-order chi connectivity index (χ1) is 9.61. The SMILES string of the molecule is Cc1cccc(/C(N)=C(/N)c2ccc(N=CN)nc2)n1. The third kappa shape index (κ3) is 2.92. The zero-order chi connectivity index (χ0) is 14.5. The van der Waals surface area contributed by atoms with E-state index in [2.05, 4.69) is 15.0 Å². The van der Waals surface area contributed by atoms with Gasteiger partial charge in [-0.25, -0.2) is 9.98 Å². The fourth-order valence-electron chi connectivity index (χ4n) is 1.68. The molecular formula is C14H16N6. The van der Waals surface area contributed by atoms with Gasteiger partial charge in [0.05, 0.1) is 23.4 Å². The molecule has 0 spiro atoms. The largest absolute Gasteiger partial charge is 0.396 e. The van der Waals surface area contributed by atoms with Gasteiger partial charge in [-0.15, -0.1) is 0 Å². The summed E-state index contributed by atoms with van der Waals surface area (Å²) in [5, 5.41) is 0. The zero-order valence-electron chi connectivity index (χ0n) is 11.1. The molecule has 0 saturated heterocycles. The summed E-state index contributed by atoms with van der Waals surface area (Å²) in [6, 6.07) is 9.09. The van der Waals surface area contributed by atoms with Gasteiger partial charge in [0.25, 0.3) is 0 Å². The molecule has 6 heteroatoms. The van der Waals surface area contributed by atoms with E-state index in [0.29, 0.717) is 28.5 Å². The Morgan fingerprint density at radius 2 is 1.95 bits per heavy atom. The minimum absolute atomic E-state index is 0.422. The molecule has 0 aliphatic heterocycles. The van der Waals surface area contributed by atoms with E-state index in [4.69, 9.17) is 17.2 Å². The third-order valence-electron chi connectivity index (χ3n) is 2.72. The monoisotopic (exact) mass is 268 g/mol. The Balaban J connectivity index is 2.37. The van der Waals surface area contributed by atoms with Crippen molar-refractivity contribution in [1.29, 1.82) is 0 Å². The summed E-state index contributed by atoms with van der Waals surface area (Å²) < 4.78 is 0. The van der Waals surface area contributed by atoms with Gasteiger partial charge in [-0.2, -0.15) is 0 Å². The van der Waals surface area contributed by atoms with Crippen molar-refractivity contribution in [1.82, 2.24) is 9.97 Å². The number of nitrogens with two attached hydrogens (primary N) is 3. The van der Waals surface area contributed by atoms with Crippen molar-refractivity contribution in [3.05, 3.63) is 53.5 Å². The van der Waals surface area contributed by atoms with E-state index in [0.717, 1.165) is 5.69 Å². The Kier molecular flexibility index (Phi) is 3.95. The molecule has 102 valence electrons. The molecule has 0 aromatic carbocycles. The van der Waals surface area contributed by atoms with Crippen molar-refractivity contribution in [2.45, 2.75) is 6.92 Å². The van der Waals surface area contributed by atoms with Crippen molar-refractivity contribution in [2.24, 2.45) is 22.2 Å². The number of pyridine rings is 2. The maximum absolute atomic E-state index is 6.06. The molecule has 0 atom stereocenters. The van der Waals surface area contributed by atoms with Crippen LogP contribution in [0.25, 0.3) is 11.4 Å². The minimum Gasteiger partial charge on any atom is -0.396 e. The lowest BCUT2D eigenvalue weighted by atomic mass is 10.1. The van der Waals surface area contributed by atoms with Crippen LogP contribution < -0.4 is 17.2 Å². The summed E-state index contributed by atoms with van der Waals surface area (Å²) in [4.78, 5) is 12.3. The summed E-state index contributed by atoms with van der Waals surface area (Å²) in [7, 11) is 0. The van der Waals surface area contributed by atoms with Crippen LogP contribution in [-0.4, -0.2) is 16.3 Å².